The lowest BCUT2D eigenvalue weighted by molar-refractivity contribution is -0.129. The summed E-state index contributed by atoms with van der Waals surface area (Å²) in [5.74, 6) is 1.05. The molecule has 0 N–H and O–H groups in total. The van der Waals surface area contributed by atoms with E-state index >= 15 is 0 Å². The van der Waals surface area contributed by atoms with E-state index in [0.29, 0.717) is 6.42 Å². The van der Waals surface area contributed by atoms with Crippen molar-refractivity contribution >= 4 is 21.7 Å². The fourth-order valence-corrected chi connectivity index (χ4v) is 3.28. The third-order valence-corrected chi connectivity index (χ3v) is 4.75. The summed E-state index contributed by atoms with van der Waals surface area (Å²) < 4.78 is 6.10. The van der Waals surface area contributed by atoms with E-state index in [-0.39, 0.29) is 11.3 Å². The van der Waals surface area contributed by atoms with Gasteiger partial charge in [-0.1, -0.05) is 19.9 Å². The maximum Gasteiger partial charge on any atom is 0.157 e. The number of ketones is 1. The van der Waals surface area contributed by atoms with E-state index in [1.165, 1.54) is 0 Å². The molecule has 3 nitrogen and oxygen atoms in total. The van der Waals surface area contributed by atoms with E-state index < -0.39 is 0 Å². The van der Waals surface area contributed by atoms with Gasteiger partial charge in [-0.05, 0) is 60.6 Å². The summed E-state index contributed by atoms with van der Waals surface area (Å²) in [6.07, 6.45) is 2.10. The fraction of sp³-hybridized carbons (Fsp3) is 0.562. The van der Waals surface area contributed by atoms with Gasteiger partial charge in [0.25, 0.3) is 0 Å². The first-order chi connectivity index (χ1) is 9.41. The fourth-order valence-electron chi connectivity index (χ4n) is 2.70. The van der Waals surface area contributed by atoms with Gasteiger partial charge in [0.2, 0.25) is 0 Å². The molecule has 0 atom stereocenters. The van der Waals surface area contributed by atoms with Crippen molar-refractivity contribution in [3.05, 3.63) is 28.2 Å². The smallest absolute Gasteiger partial charge is 0.157 e. The lowest BCUT2D eigenvalue weighted by Crippen LogP contribution is -2.50. The van der Waals surface area contributed by atoms with Crippen LogP contribution in [0.2, 0.25) is 0 Å². The van der Waals surface area contributed by atoms with E-state index in [4.69, 9.17) is 4.74 Å². The van der Waals surface area contributed by atoms with Crippen LogP contribution in [0.15, 0.2) is 22.7 Å². The number of carbonyl (C=O) groups is 1. The molecule has 0 saturated heterocycles. The van der Waals surface area contributed by atoms with Crippen molar-refractivity contribution in [3.8, 4) is 5.75 Å². The molecule has 0 aliphatic heterocycles. The van der Waals surface area contributed by atoms with Crippen LogP contribution < -0.4 is 4.74 Å². The first kappa shape index (κ1) is 17.2. The molecule has 0 aromatic heterocycles. The molecule has 4 heteroatoms. The Balaban J connectivity index is 2.97. The van der Waals surface area contributed by atoms with Crippen molar-refractivity contribution in [3.63, 3.8) is 0 Å². The number of benzene rings is 1. The quantitative estimate of drug-likeness (QED) is 0.757. The Kier molecular flexibility index (Phi) is 6.21. The van der Waals surface area contributed by atoms with Crippen LogP contribution in [0.1, 0.15) is 32.3 Å². The summed E-state index contributed by atoms with van der Waals surface area (Å²) in [4.78, 5) is 14.8. The van der Waals surface area contributed by atoms with Gasteiger partial charge in [-0.25, -0.2) is 0 Å². The summed E-state index contributed by atoms with van der Waals surface area (Å²) in [6.45, 7) is 4.15. The van der Waals surface area contributed by atoms with Gasteiger partial charge >= 0.3 is 0 Å². The molecule has 0 saturated carbocycles. The van der Waals surface area contributed by atoms with E-state index in [1.807, 2.05) is 37.2 Å². The summed E-state index contributed by atoms with van der Waals surface area (Å²) in [5.41, 5.74) is 0.641. The van der Waals surface area contributed by atoms with Gasteiger partial charge < -0.3 is 4.74 Å². The van der Waals surface area contributed by atoms with Crippen molar-refractivity contribution in [1.29, 1.82) is 0 Å². The van der Waals surface area contributed by atoms with Gasteiger partial charge in [0.15, 0.2) is 5.78 Å². The number of hydrogen-bond donors (Lipinski definition) is 0. The second-order valence-electron chi connectivity index (χ2n) is 5.20. The lowest BCUT2D eigenvalue weighted by atomic mass is 9.83. The highest BCUT2D eigenvalue weighted by Gasteiger charge is 2.36. The van der Waals surface area contributed by atoms with Crippen LogP contribution in [0.25, 0.3) is 0 Å². The van der Waals surface area contributed by atoms with Crippen LogP contribution in [0.4, 0.5) is 0 Å². The van der Waals surface area contributed by atoms with Gasteiger partial charge in [-0.2, -0.15) is 0 Å². The number of ether oxygens (including phenoxy) is 1. The molecule has 1 aromatic carbocycles. The Morgan fingerprint density at radius 2 is 1.90 bits per heavy atom. The molecular weight excluding hydrogens is 318 g/mol. The minimum atomic E-state index is -0.369. The Hall–Kier alpha value is -0.870. The number of Topliss-reactive ketones (excluding diaryl/α,β-unsaturated/α-hetero) is 1. The van der Waals surface area contributed by atoms with Gasteiger partial charge in [-0.3, -0.25) is 9.69 Å². The second-order valence-corrected chi connectivity index (χ2v) is 6.06. The van der Waals surface area contributed by atoms with E-state index in [1.54, 1.807) is 7.11 Å². The molecule has 0 amide bonds. The zero-order chi connectivity index (χ0) is 15.3. The minimum absolute atomic E-state index is 0.268. The number of methoxy groups -OCH3 is 1. The Bertz CT molecular complexity index is 468. The number of nitrogens with zero attached hydrogens (tertiary/aromatic N) is 1. The summed E-state index contributed by atoms with van der Waals surface area (Å²) in [5, 5.41) is 0. The molecule has 0 bridgehead atoms. The molecular formula is C16H24BrNO2. The van der Waals surface area contributed by atoms with Crippen LogP contribution in [-0.4, -0.2) is 37.4 Å². The number of likely N-dealkylation sites (N-methyl/N-ethyl adjacent to an activating group) is 1. The van der Waals surface area contributed by atoms with Crippen LogP contribution in [0.5, 0.6) is 5.75 Å². The van der Waals surface area contributed by atoms with Crippen LogP contribution in [-0.2, 0) is 11.2 Å². The monoisotopic (exact) mass is 341 g/mol. The average molecular weight is 342 g/mol. The van der Waals surface area contributed by atoms with Crippen molar-refractivity contribution in [2.75, 3.05) is 21.2 Å². The molecule has 0 aliphatic rings. The Morgan fingerprint density at radius 1 is 1.30 bits per heavy atom. The molecule has 0 spiro atoms. The first-order valence-electron chi connectivity index (χ1n) is 6.94. The molecule has 0 unspecified atom stereocenters. The van der Waals surface area contributed by atoms with Crippen molar-refractivity contribution in [2.45, 2.75) is 38.6 Å². The molecule has 0 heterocycles. The standard InChI is InChI=1S/C16H24BrNO2/c1-6-16(7-2,18(3)4)15(19)11-12-8-9-14(20-5)13(17)10-12/h8-10H,6-7,11H2,1-5H3. The summed E-state index contributed by atoms with van der Waals surface area (Å²) >= 11 is 3.46. The van der Waals surface area contributed by atoms with E-state index in [0.717, 1.165) is 28.6 Å². The van der Waals surface area contributed by atoms with Crippen LogP contribution in [0.3, 0.4) is 0 Å². The maximum absolute atomic E-state index is 12.7. The largest absolute Gasteiger partial charge is 0.496 e. The zero-order valence-corrected chi connectivity index (χ0v) is 14.6. The predicted octanol–water partition coefficient (Wildman–Crippen LogP) is 3.69. The van der Waals surface area contributed by atoms with Crippen LogP contribution >= 0.6 is 15.9 Å². The van der Waals surface area contributed by atoms with Crippen molar-refractivity contribution in [1.82, 2.24) is 4.90 Å². The third kappa shape index (κ3) is 3.41. The zero-order valence-electron chi connectivity index (χ0n) is 13.0. The predicted molar refractivity (Wildman–Crippen MR) is 86.4 cm³/mol. The summed E-state index contributed by atoms with van der Waals surface area (Å²) in [7, 11) is 5.60. The van der Waals surface area contributed by atoms with Gasteiger partial charge in [-0.15, -0.1) is 0 Å². The SMILES string of the molecule is CCC(CC)(C(=O)Cc1ccc(OC)c(Br)c1)N(C)C. The van der Waals surface area contributed by atoms with Gasteiger partial charge in [0, 0.05) is 6.42 Å². The highest BCUT2D eigenvalue weighted by atomic mass is 79.9. The third-order valence-electron chi connectivity index (χ3n) is 4.13. The van der Waals surface area contributed by atoms with E-state index in [9.17, 15) is 4.79 Å². The van der Waals surface area contributed by atoms with E-state index in [2.05, 4.69) is 29.8 Å². The number of rotatable bonds is 7. The molecule has 112 valence electrons. The highest BCUT2D eigenvalue weighted by molar-refractivity contribution is 9.10. The van der Waals surface area contributed by atoms with Crippen LogP contribution in [0, 0.1) is 0 Å². The van der Waals surface area contributed by atoms with Gasteiger partial charge in [0.05, 0.1) is 17.1 Å². The number of halogens is 1. The molecule has 20 heavy (non-hydrogen) atoms. The lowest BCUT2D eigenvalue weighted by Gasteiger charge is -2.37. The maximum atomic E-state index is 12.7. The topological polar surface area (TPSA) is 29.5 Å². The molecule has 0 aliphatic carbocycles. The van der Waals surface area contributed by atoms with Crippen molar-refractivity contribution < 1.29 is 9.53 Å². The normalized spacial score (nSPS) is 11.8. The molecule has 0 fully saturated rings. The van der Waals surface area contributed by atoms with Gasteiger partial charge in [0.1, 0.15) is 5.75 Å². The molecule has 1 aromatic rings. The number of hydrogen-bond acceptors (Lipinski definition) is 3. The average Bonchev–Trinajstić information content (AvgIpc) is 2.40. The Morgan fingerprint density at radius 3 is 2.30 bits per heavy atom. The second kappa shape index (κ2) is 7.23. The molecule has 1 rings (SSSR count). The number of carbonyl (C=O) groups excluding carboxylic acids is 1. The summed E-state index contributed by atoms with van der Waals surface area (Å²) in [6, 6.07) is 5.80. The Labute approximate surface area is 130 Å². The molecule has 0 radical (unpaired) electrons. The minimum Gasteiger partial charge on any atom is -0.496 e. The first-order valence-corrected chi connectivity index (χ1v) is 7.73. The highest BCUT2D eigenvalue weighted by Crippen LogP contribution is 2.28. The van der Waals surface area contributed by atoms with Crippen molar-refractivity contribution in [2.24, 2.45) is 0 Å².